The fourth-order valence-electron chi connectivity index (χ4n) is 9.42. The van der Waals surface area contributed by atoms with E-state index in [1.54, 1.807) is 61.5 Å². The van der Waals surface area contributed by atoms with Crippen LogP contribution in [0.1, 0.15) is 102 Å². The molecule has 0 unspecified atom stereocenters. The Bertz CT molecular complexity index is 3270. The van der Waals surface area contributed by atoms with Crippen molar-refractivity contribution in [3.8, 4) is 5.75 Å². The predicted molar refractivity (Wildman–Crippen MR) is 254 cm³/mol. The molecule has 2 heterocycles. The van der Waals surface area contributed by atoms with Gasteiger partial charge in [0.2, 0.25) is 5.69 Å². The second kappa shape index (κ2) is 26.2. The number of allylic oxidation sites excluding steroid dienone is 8. The van der Waals surface area contributed by atoms with Gasteiger partial charge < -0.3 is 33.0 Å². The largest absolute Gasteiger partial charge is 1.00 e. The molecule has 0 amide bonds. The molecular formula is C48H53F2N2Na3O15S4. The van der Waals surface area contributed by atoms with Crippen LogP contribution in [0.5, 0.6) is 5.75 Å². The molecule has 17 nitrogen and oxygen atoms in total. The van der Waals surface area contributed by atoms with Crippen LogP contribution in [0, 0.1) is 11.6 Å². The SMILES string of the molecule is CC1(C)C(/C=C/C2=C(c3c(F)ccc(OCCCC(=O)O)c3F)C(=C/C=C3\N(CCCCS(=O)(=O)[O-])c4ccc(S(=O)(=O)[O-])cc4C3(C)C)/CCC2)=[N+](CCCCS(=O)(=O)[O-])c2ccc(S(=O)(=O)[O-])cc21.[Na+].[Na+].[Na+]. The van der Waals surface area contributed by atoms with Gasteiger partial charge >= 0.3 is 94.6 Å². The van der Waals surface area contributed by atoms with Crippen LogP contribution in [0.3, 0.4) is 0 Å². The number of fused-ring (bicyclic) bond motifs is 2. The van der Waals surface area contributed by atoms with Crippen molar-refractivity contribution < 1.29 is 169 Å². The van der Waals surface area contributed by atoms with Gasteiger partial charge in [-0.05, 0) is 130 Å². The van der Waals surface area contributed by atoms with Crippen LogP contribution < -0.4 is 98.3 Å². The van der Waals surface area contributed by atoms with Gasteiger partial charge in [0.15, 0.2) is 17.3 Å². The van der Waals surface area contributed by atoms with Gasteiger partial charge in [-0.1, -0.05) is 26.0 Å². The standard InChI is InChI=1S/C48H56F2N2O15S4.3Na/c1-47(2)35-29-33(70(61,62)63)16-19-38(35)51(24-5-7-27-68(55,56)57)41(47)22-14-31-11-9-12-32(44(31)45-37(49)18-21-40(46(45)50)67-26-10-13-43(53)54)15-23-42-48(3,4)36-30-34(71(64,65)66)17-20-39(36)52(42)25-6-8-28-69(58,59)60;;;/h14-23,29-30H,5-13,24-28H2,1-4H3,(H4-,53,54,55,56,57,58,59,60,61,62,63,64,65,66);;;/q;3*+1/p-3. The van der Waals surface area contributed by atoms with Crippen LogP contribution in [-0.4, -0.2) is 104 Å². The zero-order valence-corrected chi connectivity index (χ0v) is 51.5. The van der Waals surface area contributed by atoms with E-state index in [0.717, 1.165) is 24.3 Å². The maximum atomic E-state index is 17.0. The topological polar surface area (TPSA) is 282 Å². The molecule has 0 saturated carbocycles. The molecule has 0 aromatic heterocycles. The Morgan fingerprint density at radius 3 is 1.93 bits per heavy atom. The van der Waals surface area contributed by atoms with E-state index in [9.17, 15) is 56.7 Å². The van der Waals surface area contributed by atoms with Crippen LogP contribution in [0.15, 0.2) is 99.5 Å². The van der Waals surface area contributed by atoms with E-state index >= 15 is 8.78 Å². The molecule has 0 saturated heterocycles. The van der Waals surface area contributed by atoms with E-state index in [2.05, 4.69) is 0 Å². The van der Waals surface area contributed by atoms with Gasteiger partial charge in [-0.2, -0.15) is 4.58 Å². The van der Waals surface area contributed by atoms with Crippen molar-refractivity contribution in [1.29, 1.82) is 0 Å². The molecule has 26 heteroatoms. The third-order valence-electron chi connectivity index (χ3n) is 12.9. The number of nitrogens with zero attached hydrogens (tertiary/aromatic N) is 2. The molecule has 3 aromatic carbocycles. The van der Waals surface area contributed by atoms with Crippen molar-refractivity contribution in [3.63, 3.8) is 0 Å². The number of benzene rings is 3. The number of carboxylic acid groups (broad SMARTS) is 1. The molecule has 0 spiro atoms. The van der Waals surface area contributed by atoms with E-state index < -0.39 is 95.8 Å². The molecule has 6 rings (SSSR count). The summed E-state index contributed by atoms with van der Waals surface area (Å²) in [6.07, 6.45) is 7.81. The monoisotopic (exact) mass is 1130 g/mol. The Hall–Kier alpha value is -2.14. The number of carbonyl (C=O) groups is 1. The Kier molecular flexibility index (Phi) is 23.4. The summed E-state index contributed by atoms with van der Waals surface area (Å²) in [5.41, 5.74) is 1.41. The van der Waals surface area contributed by atoms with Gasteiger partial charge in [-0.25, -0.2) is 42.5 Å². The zero-order valence-electron chi connectivity index (χ0n) is 42.3. The minimum atomic E-state index is -4.90. The molecule has 1 N–H and O–H groups in total. The van der Waals surface area contributed by atoms with Gasteiger partial charge in [-0.3, -0.25) is 4.79 Å². The summed E-state index contributed by atoms with van der Waals surface area (Å²) < 4.78 is 183. The molecule has 1 aliphatic carbocycles. The van der Waals surface area contributed by atoms with E-state index in [1.807, 2.05) is 0 Å². The van der Waals surface area contributed by atoms with Crippen molar-refractivity contribution in [1.82, 2.24) is 0 Å². The smallest absolute Gasteiger partial charge is 0.748 e. The number of hydrogen-bond donors (Lipinski definition) is 1. The molecule has 386 valence electrons. The summed E-state index contributed by atoms with van der Waals surface area (Å²) in [6, 6.07) is 9.85. The van der Waals surface area contributed by atoms with E-state index in [0.29, 0.717) is 51.5 Å². The number of hydrogen-bond acceptors (Lipinski definition) is 15. The fourth-order valence-corrected chi connectivity index (χ4v) is 11.5. The Balaban J connectivity index is 0.00000481. The van der Waals surface area contributed by atoms with Gasteiger partial charge in [0.25, 0.3) is 0 Å². The number of halogens is 2. The van der Waals surface area contributed by atoms with Crippen LogP contribution in [0.25, 0.3) is 5.57 Å². The number of carboxylic acids is 1. The van der Waals surface area contributed by atoms with Crippen molar-refractivity contribution in [2.75, 3.05) is 36.1 Å². The molecule has 0 fully saturated rings. The summed E-state index contributed by atoms with van der Waals surface area (Å²) >= 11 is 0. The van der Waals surface area contributed by atoms with Gasteiger partial charge in [0.05, 0.1) is 47.6 Å². The van der Waals surface area contributed by atoms with Crippen LogP contribution in [-0.2, 0) is 56.1 Å². The second-order valence-electron chi connectivity index (χ2n) is 18.6. The van der Waals surface area contributed by atoms with Gasteiger partial charge in [0, 0.05) is 65.4 Å². The first-order chi connectivity index (χ1) is 32.9. The quantitative estimate of drug-likeness (QED) is 0.0516. The minimum absolute atomic E-state index is 0. The zero-order chi connectivity index (χ0) is 52.5. The number of aliphatic carboxylic acids is 1. The number of ether oxygens (including phenoxy) is 1. The van der Waals surface area contributed by atoms with Crippen molar-refractivity contribution >= 4 is 69.1 Å². The maximum Gasteiger partial charge on any atom is 1.00 e. The van der Waals surface area contributed by atoms with E-state index in [1.165, 1.54) is 24.3 Å². The predicted octanol–water partition coefficient (Wildman–Crippen LogP) is -2.14. The molecular weight excluding hydrogens is 1080 g/mol. The van der Waals surface area contributed by atoms with Gasteiger partial charge in [-0.15, -0.1) is 0 Å². The van der Waals surface area contributed by atoms with Gasteiger partial charge in [0.1, 0.15) is 32.6 Å². The van der Waals surface area contributed by atoms with Crippen LogP contribution in [0.4, 0.5) is 20.2 Å². The summed E-state index contributed by atoms with van der Waals surface area (Å²) in [4.78, 5) is 12.0. The van der Waals surface area contributed by atoms with E-state index in [4.69, 9.17) is 9.84 Å². The first-order valence-electron chi connectivity index (χ1n) is 22.6. The Morgan fingerprint density at radius 1 is 0.743 bits per heavy atom. The first-order valence-corrected chi connectivity index (χ1v) is 28.6. The molecule has 74 heavy (non-hydrogen) atoms. The average Bonchev–Trinajstić information content (AvgIpc) is 3.60. The Labute approximate surface area is 498 Å². The van der Waals surface area contributed by atoms with Crippen LogP contribution in [0.2, 0.25) is 0 Å². The van der Waals surface area contributed by atoms with Crippen molar-refractivity contribution in [3.05, 3.63) is 118 Å². The molecule has 0 radical (unpaired) electrons. The second-order valence-corrected chi connectivity index (χ2v) is 24.4. The molecule has 2 aliphatic heterocycles. The summed E-state index contributed by atoms with van der Waals surface area (Å²) in [5.74, 6) is -4.78. The maximum absolute atomic E-state index is 17.0. The number of rotatable bonds is 21. The third kappa shape index (κ3) is 16.0. The normalized spacial score (nSPS) is 17.5. The third-order valence-corrected chi connectivity index (χ3v) is 16.1. The Morgan fingerprint density at radius 2 is 1.34 bits per heavy atom. The molecule has 0 bridgehead atoms. The van der Waals surface area contributed by atoms with Crippen molar-refractivity contribution in [2.24, 2.45) is 0 Å². The molecule has 0 atom stereocenters. The van der Waals surface area contributed by atoms with E-state index in [-0.39, 0.29) is 171 Å². The molecule has 3 aliphatic rings. The minimum Gasteiger partial charge on any atom is -0.748 e. The summed E-state index contributed by atoms with van der Waals surface area (Å²) in [7, 11) is -18.9. The molecule has 3 aromatic rings. The van der Waals surface area contributed by atoms with Crippen molar-refractivity contribution in [2.45, 2.75) is 106 Å². The summed E-state index contributed by atoms with van der Waals surface area (Å²) in [5, 5.41) is 9.14. The summed E-state index contributed by atoms with van der Waals surface area (Å²) in [6.45, 7) is 7.17. The number of anilines is 1. The van der Waals surface area contributed by atoms with Crippen LogP contribution >= 0.6 is 0 Å². The first kappa shape index (κ1) is 66.1. The number of unbranched alkanes of at least 4 members (excludes halogenated alkanes) is 2. The average molecular weight is 1130 g/mol. The fraction of sp³-hybridized carbons (Fsp3) is 0.417.